The first-order chi connectivity index (χ1) is 9.17. The maximum atomic E-state index is 13.2. The summed E-state index contributed by atoms with van der Waals surface area (Å²) in [6, 6.07) is 8.40. The quantitative estimate of drug-likeness (QED) is 0.639. The third kappa shape index (κ3) is 2.33. The highest BCUT2D eigenvalue weighted by Crippen LogP contribution is 2.29. The lowest BCUT2D eigenvalue weighted by atomic mass is 10.2. The van der Waals surface area contributed by atoms with Gasteiger partial charge in [0.1, 0.15) is 11.0 Å². The average molecular weight is 293 g/mol. The molecule has 0 atom stereocenters. The molecule has 2 heterocycles. The van der Waals surface area contributed by atoms with Crippen LogP contribution >= 0.6 is 22.9 Å². The van der Waals surface area contributed by atoms with E-state index in [9.17, 15) is 4.39 Å². The van der Waals surface area contributed by atoms with Crippen molar-refractivity contribution in [1.82, 2.24) is 9.97 Å². The molecule has 1 aromatic carbocycles. The molecular weight excluding hydrogens is 283 g/mol. The van der Waals surface area contributed by atoms with Crippen LogP contribution in [0.1, 0.15) is 11.8 Å². The van der Waals surface area contributed by atoms with Gasteiger partial charge in [-0.2, -0.15) is 0 Å². The number of hydrogen-bond acceptors (Lipinski definition) is 3. The molecule has 0 fully saturated rings. The number of aromatic nitrogens is 2. The van der Waals surface area contributed by atoms with Gasteiger partial charge in [0.25, 0.3) is 0 Å². The van der Waals surface area contributed by atoms with Crippen LogP contribution in [-0.2, 0) is 6.42 Å². The maximum absolute atomic E-state index is 13.2. The summed E-state index contributed by atoms with van der Waals surface area (Å²) in [4.78, 5) is 11.0. The Balaban J connectivity index is 2.17. The fraction of sp³-hybridized carbons (Fsp3) is 0.143. The molecule has 0 aliphatic heterocycles. The Hall–Kier alpha value is -1.52. The van der Waals surface area contributed by atoms with E-state index in [2.05, 4.69) is 23.0 Å². The van der Waals surface area contributed by atoms with Gasteiger partial charge in [-0.15, -0.1) is 11.3 Å². The topological polar surface area (TPSA) is 25.8 Å². The fourth-order valence-corrected chi connectivity index (χ4v) is 2.97. The van der Waals surface area contributed by atoms with Crippen LogP contribution in [0.25, 0.3) is 21.6 Å². The third-order valence-electron chi connectivity index (χ3n) is 2.84. The summed E-state index contributed by atoms with van der Waals surface area (Å²) in [5, 5.41) is 0.823. The monoisotopic (exact) mass is 292 g/mol. The number of rotatable bonds is 2. The van der Waals surface area contributed by atoms with Crippen molar-refractivity contribution in [2.45, 2.75) is 13.3 Å². The molecular formula is C14H10ClFN2S. The van der Waals surface area contributed by atoms with Crippen LogP contribution in [0.4, 0.5) is 4.39 Å². The number of fused-ring (bicyclic) bond motifs is 1. The first-order valence-corrected chi connectivity index (χ1v) is 7.08. The predicted octanol–water partition coefficient (Wildman–Crippen LogP) is 4.71. The van der Waals surface area contributed by atoms with Crippen molar-refractivity contribution < 1.29 is 4.39 Å². The van der Waals surface area contributed by atoms with Gasteiger partial charge < -0.3 is 0 Å². The zero-order chi connectivity index (χ0) is 13.4. The summed E-state index contributed by atoms with van der Waals surface area (Å²) >= 11 is 7.76. The van der Waals surface area contributed by atoms with Crippen molar-refractivity contribution in [3.05, 3.63) is 46.2 Å². The van der Waals surface area contributed by atoms with Crippen LogP contribution in [0.5, 0.6) is 0 Å². The summed E-state index contributed by atoms with van der Waals surface area (Å²) in [6.07, 6.45) is 0.983. The summed E-state index contributed by atoms with van der Waals surface area (Å²) < 4.78 is 13.2. The average Bonchev–Trinajstić information content (AvgIpc) is 2.88. The van der Waals surface area contributed by atoms with Gasteiger partial charge in [-0.1, -0.05) is 18.5 Å². The third-order valence-corrected chi connectivity index (χ3v) is 4.36. The summed E-state index contributed by atoms with van der Waals surface area (Å²) in [5.74, 6) is 0.254. The lowest BCUT2D eigenvalue weighted by molar-refractivity contribution is 0.629. The number of aryl methyl sites for hydroxylation is 1. The van der Waals surface area contributed by atoms with E-state index >= 15 is 0 Å². The van der Waals surface area contributed by atoms with Crippen molar-refractivity contribution in [2.24, 2.45) is 0 Å². The van der Waals surface area contributed by atoms with Crippen LogP contribution in [-0.4, -0.2) is 9.97 Å². The molecule has 3 rings (SSSR count). The molecule has 2 nitrogen and oxygen atoms in total. The van der Waals surface area contributed by atoms with E-state index in [1.54, 1.807) is 17.4 Å². The molecule has 0 amide bonds. The van der Waals surface area contributed by atoms with Gasteiger partial charge >= 0.3 is 0 Å². The zero-order valence-corrected chi connectivity index (χ0v) is 11.7. The van der Waals surface area contributed by atoms with E-state index < -0.39 is 0 Å². The van der Waals surface area contributed by atoms with Gasteiger partial charge in [-0.25, -0.2) is 14.4 Å². The highest BCUT2D eigenvalue weighted by molar-refractivity contribution is 7.15. The van der Waals surface area contributed by atoms with Crippen molar-refractivity contribution in [1.29, 1.82) is 0 Å². The Labute approximate surface area is 118 Å². The van der Waals surface area contributed by atoms with Crippen LogP contribution in [0.3, 0.4) is 0 Å². The second-order valence-electron chi connectivity index (χ2n) is 4.12. The van der Waals surface area contributed by atoms with Crippen LogP contribution in [0, 0.1) is 5.82 Å². The zero-order valence-electron chi connectivity index (χ0n) is 10.2. The van der Waals surface area contributed by atoms with Gasteiger partial charge in [0.05, 0.1) is 10.4 Å². The molecule has 0 aliphatic rings. The number of thiophene rings is 1. The van der Waals surface area contributed by atoms with Gasteiger partial charge in [-0.3, -0.25) is 0 Å². The van der Waals surface area contributed by atoms with E-state index in [0.29, 0.717) is 16.7 Å². The minimum Gasteiger partial charge on any atom is -0.227 e. The molecule has 0 spiro atoms. The number of benzene rings is 1. The molecule has 0 unspecified atom stereocenters. The normalized spacial score (nSPS) is 11.1. The minimum atomic E-state index is -0.338. The highest BCUT2D eigenvalue weighted by atomic mass is 35.5. The standard InChI is InChI=1S/C14H10ClFN2S/c1-2-9-4-6-12(19-9)14-17-11-5-3-8(16)7-10(11)13(15)18-14/h3-7H,2H2,1H3. The van der Waals surface area contributed by atoms with Gasteiger partial charge in [0.15, 0.2) is 5.82 Å². The number of halogens is 2. The van der Waals surface area contributed by atoms with Gasteiger partial charge in [-0.05, 0) is 36.8 Å². The Bertz CT molecular complexity index is 754. The SMILES string of the molecule is CCc1ccc(-c2nc(Cl)c3cc(F)ccc3n2)s1. The maximum Gasteiger partial charge on any atom is 0.171 e. The predicted molar refractivity (Wildman–Crippen MR) is 77.2 cm³/mol. The van der Waals surface area contributed by atoms with E-state index in [1.165, 1.54) is 17.0 Å². The molecule has 19 heavy (non-hydrogen) atoms. The molecule has 0 N–H and O–H groups in total. The van der Waals surface area contributed by atoms with E-state index in [1.807, 2.05) is 6.07 Å². The van der Waals surface area contributed by atoms with Crippen molar-refractivity contribution in [2.75, 3.05) is 0 Å². The van der Waals surface area contributed by atoms with Crippen molar-refractivity contribution >= 4 is 33.8 Å². The summed E-state index contributed by atoms with van der Waals surface area (Å²) in [7, 11) is 0. The Morgan fingerprint density at radius 1 is 1.21 bits per heavy atom. The molecule has 0 saturated carbocycles. The number of hydrogen-bond donors (Lipinski definition) is 0. The lowest BCUT2D eigenvalue weighted by Gasteiger charge is -2.02. The van der Waals surface area contributed by atoms with Crippen LogP contribution in [0.2, 0.25) is 5.15 Å². The first-order valence-electron chi connectivity index (χ1n) is 5.89. The molecule has 5 heteroatoms. The van der Waals surface area contributed by atoms with Crippen molar-refractivity contribution in [3.8, 4) is 10.7 Å². The van der Waals surface area contributed by atoms with E-state index in [4.69, 9.17) is 11.6 Å². The fourth-order valence-electron chi connectivity index (χ4n) is 1.86. The van der Waals surface area contributed by atoms with Crippen molar-refractivity contribution in [3.63, 3.8) is 0 Å². The highest BCUT2D eigenvalue weighted by Gasteiger charge is 2.10. The van der Waals surface area contributed by atoms with Crippen LogP contribution in [0.15, 0.2) is 30.3 Å². The molecule has 0 saturated heterocycles. The second-order valence-corrected chi connectivity index (χ2v) is 5.65. The van der Waals surface area contributed by atoms with Crippen LogP contribution < -0.4 is 0 Å². The molecule has 96 valence electrons. The Morgan fingerprint density at radius 2 is 2.05 bits per heavy atom. The summed E-state index contributed by atoms with van der Waals surface area (Å²) in [6.45, 7) is 2.10. The van der Waals surface area contributed by atoms with E-state index in [0.717, 1.165) is 11.3 Å². The first kappa shape index (κ1) is 12.5. The van der Waals surface area contributed by atoms with Gasteiger partial charge in [0, 0.05) is 10.3 Å². The largest absolute Gasteiger partial charge is 0.227 e. The number of nitrogens with zero attached hydrogens (tertiary/aromatic N) is 2. The minimum absolute atomic E-state index is 0.283. The van der Waals surface area contributed by atoms with E-state index in [-0.39, 0.29) is 11.0 Å². The van der Waals surface area contributed by atoms with Gasteiger partial charge in [0.2, 0.25) is 0 Å². The Kier molecular flexibility index (Phi) is 3.21. The smallest absolute Gasteiger partial charge is 0.171 e. The lowest BCUT2D eigenvalue weighted by Crippen LogP contribution is -1.90. The molecule has 0 radical (unpaired) electrons. The molecule has 0 aliphatic carbocycles. The second kappa shape index (κ2) is 4.87. The Morgan fingerprint density at radius 3 is 2.79 bits per heavy atom. The molecule has 2 aromatic heterocycles. The molecule has 3 aromatic rings. The summed E-state index contributed by atoms with van der Waals surface area (Å²) in [5.41, 5.74) is 0.655. The molecule has 0 bridgehead atoms.